The maximum atomic E-state index is 12.2. The van der Waals surface area contributed by atoms with E-state index in [0.29, 0.717) is 0 Å². The summed E-state index contributed by atoms with van der Waals surface area (Å²) in [4.78, 5) is 14.0. The van der Waals surface area contributed by atoms with E-state index in [-0.39, 0.29) is 21.3 Å². The lowest BCUT2D eigenvalue weighted by Gasteiger charge is -2.20. The minimum absolute atomic E-state index is 0.0732. The number of carbonyl (C=O) groups excluding carboxylic acids is 1. The fourth-order valence-corrected chi connectivity index (χ4v) is 3.86. The molecule has 0 aliphatic carbocycles. The topological polar surface area (TPSA) is 88.3 Å². The fraction of sp³-hybridized carbons (Fsp3) is 0.545. The molecular formula is C11H17ClN2O4S. The first-order valence-corrected chi connectivity index (χ1v) is 7.36. The van der Waals surface area contributed by atoms with Crippen molar-refractivity contribution < 1.29 is 17.9 Å². The summed E-state index contributed by atoms with van der Waals surface area (Å²) < 4.78 is 31.5. The largest absolute Gasteiger partial charge is 0.464 e. The lowest BCUT2D eigenvalue weighted by molar-refractivity contribution is 0.0595. The Kier molecular flexibility index (Phi) is 4.33. The van der Waals surface area contributed by atoms with Crippen molar-refractivity contribution in [2.45, 2.75) is 38.1 Å². The van der Waals surface area contributed by atoms with Gasteiger partial charge in [-0.05, 0) is 27.7 Å². The van der Waals surface area contributed by atoms with Crippen molar-refractivity contribution in [2.24, 2.45) is 0 Å². The normalized spacial score (nSPS) is 12.5. The average Bonchev–Trinajstić information content (AvgIpc) is 2.50. The predicted octanol–water partition coefficient (Wildman–Crippen LogP) is 1.84. The summed E-state index contributed by atoms with van der Waals surface area (Å²) in [5.41, 5.74) is -0.449. The molecule has 6 nitrogen and oxygen atoms in total. The zero-order chi connectivity index (χ0) is 15.0. The summed E-state index contributed by atoms with van der Waals surface area (Å²) in [7, 11) is -2.63. The van der Waals surface area contributed by atoms with E-state index in [2.05, 4.69) is 14.4 Å². The molecule has 108 valence electrons. The van der Waals surface area contributed by atoms with Crippen LogP contribution in [0.3, 0.4) is 0 Å². The second-order valence-corrected chi connectivity index (χ2v) is 7.11. The predicted molar refractivity (Wildman–Crippen MR) is 72.0 cm³/mol. The number of nitrogens with one attached hydrogen (secondary N) is 2. The van der Waals surface area contributed by atoms with E-state index < -0.39 is 21.5 Å². The van der Waals surface area contributed by atoms with Gasteiger partial charge in [-0.1, -0.05) is 11.6 Å². The second-order valence-electron chi connectivity index (χ2n) is 5.12. The number of ether oxygens (including phenoxy) is 1. The van der Waals surface area contributed by atoms with E-state index in [1.807, 2.05) is 0 Å². The van der Waals surface area contributed by atoms with Crippen molar-refractivity contribution in [3.8, 4) is 0 Å². The summed E-state index contributed by atoms with van der Waals surface area (Å²) >= 11 is 5.97. The highest BCUT2D eigenvalue weighted by Gasteiger charge is 2.31. The van der Waals surface area contributed by atoms with Gasteiger partial charge in [0.1, 0.15) is 10.6 Å². The number of H-pyrrole nitrogens is 1. The van der Waals surface area contributed by atoms with Crippen LogP contribution in [0, 0.1) is 6.92 Å². The Hall–Kier alpha value is -1.05. The minimum atomic E-state index is -3.82. The van der Waals surface area contributed by atoms with Crippen molar-refractivity contribution in [3.05, 3.63) is 16.4 Å². The Morgan fingerprint density at radius 1 is 1.37 bits per heavy atom. The van der Waals surface area contributed by atoms with Gasteiger partial charge in [0.25, 0.3) is 0 Å². The molecule has 0 radical (unpaired) electrons. The summed E-state index contributed by atoms with van der Waals surface area (Å²) in [5, 5.41) is -0.166. The van der Waals surface area contributed by atoms with E-state index in [1.165, 1.54) is 14.0 Å². The van der Waals surface area contributed by atoms with E-state index in [9.17, 15) is 13.2 Å². The van der Waals surface area contributed by atoms with Crippen molar-refractivity contribution in [1.29, 1.82) is 0 Å². The van der Waals surface area contributed by atoms with Gasteiger partial charge in [0.2, 0.25) is 10.0 Å². The number of esters is 1. The van der Waals surface area contributed by atoms with E-state index in [0.717, 1.165) is 0 Å². The zero-order valence-electron chi connectivity index (χ0n) is 11.4. The van der Waals surface area contributed by atoms with Crippen LogP contribution in [0.4, 0.5) is 0 Å². The molecule has 0 saturated carbocycles. The summed E-state index contributed by atoms with van der Waals surface area (Å²) in [6.07, 6.45) is 0. The molecule has 8 heteroatoms. The molecule has 2 N–H and O–H groups in total. The average molecular weight is 309 g/mol. The number of halogens is 1. The Labute approximate surface area is 117 Å². The molecule has 1 heterocycles. The number of aromatic nitrogens is 1. The molecule has 0 aliphatic heterocycles. The smallest absolute Gasteiger partial charge is 0.356 e. The van der Waals surface area contributed by atoms with Gasteiger partial charge >= 0.3 is 5.97 Å². The number of methoxy groups -OCH3 is 1. The van der Waals surface area contributed by atoms with Crippen LogP contribution >= 0.6 is 11.6 Å². The monoisotopic (exact) mass is 308 g/mol. The Morgan fingerprint density at radius 3 is 2.32 bits per heavy atom. The molecule has 0 unspecified atom stereocenters. The van der Waals surface area contributed by atoms with Crippen LogP contribution in [-0.4, -0.2) is 32.0 Å². The molecule has 19 heavy (non-hydrogen) atoms. The second kappa shape index (κ2) is 5.15. The molecule has 0 amide bonds. The van der Waals surface area contributed by atoms with Gasteiger partial charge in [-0.25, -0.2) is 17.9 Å². The number of hydrogen-bond acceptors (Lipinski definition) is 4. The summed E-state index contributed by atoms with van der Waals surface area (Å²) in [6, 6.07) is 0. The number of aromatic amines is 1. The number of aryl methyl sites for hydroxylation is 1. The first kappa shape index (κ1) is 16.0. The molecule has 0 aromatic carbocycles. The standard InChI is InChI=1S/C11H17ClN2O4S/c1-6-9(19(16,17)14-11(2,3)4)7(12)8(13-6)10(15)18-5/h13-14H,1-5H3. The lowest BCUT2D eigenvalue weighted by Crippen LogP contribution is -2.40. The van der Waals surface area contributed by atoms with Crippen LogP contribution in [0.1, 0.15) is 37.0 Å². The van der Waals surface area contributed by atoms with Crippen LogP contribution < -0.4 is 4.72 Å². The van der Waals surface area contributed by atoms with Crippen LogP contribution in [0.2, 0.25) is 5.02 Å². The van der Waals surface area contributed by atoms with Gasteiger partial charge in [-0.2, -0.15) is 0 Å². The fourth-order valence-electron chi connectivity index (χ4n) is 1.59. The SMILES string of the molecule is COC(=O)c1[nH]c(C)c(S(=O)(=O)NC(C)(C)C)c1Cl. The molecule has 1 aromatic heterocycles. The minimum Gasteiger partial charge on any atom is -0.464 e. The maximum Gasteiger partial charge on any atom is 0.356 e. The van der Waals surface area contributed by atoms with Crippen LogP contribution in [0.15, 0.2) is 4.90 Å². The first-order chi connectivity index (χ1) is 8.49. The van der Waals surface area contributed by atoms with Crippen molar-refractivity contribution >= 4 is 27.6 Å². The number of carbonyl (C=O) groups is 1. The van der Waals surface area contributed by atoms with E-state index in [1.54, 1.807) is 20.8 Å². The van der Waals surface area contributed by atoms with Crippen molar-refractivity contribution in [3.63, 3.8) is 0 Å². The van der Waals surface area contributed by atoms with Crippen LogP contribution in [0.5, 0.6) is 0 Å². The van der Waals surface area contributed by atoms with Crippen LogP contribution in [0.25, 0.3) is 0 Å². The molecule has 1 rings (SSSR count). The Bertz CT molecular complexity index is 599. The molecular weight excluding hydrogens is 292 g/mol. The summed E-state index contributed by atoms with van der Waals surface area (Å²) in [6.45, 7) is 6.65. The quantitative estimate of drug-likeness (QED) is 0.834. The molecule has 0 fully saturated rings. The third-order valence-corrected chi connectivity index (χ3v) is 4.59. The van der Waals surface area contributed by atoms with Gasteiger partial charge in [-0.3, -0.25) is 0 Å². The molecule has 1 aromatic rings. The van der Waals surface area contributed by atoms with Gasteiger partial charge < -0.3 is 9.72 Å². The lowest BCUT2D eigenvalue weighted by atomic mass is 10.1. The molecule has 0 saturated heterocycles. The molecule has 0 aliphatic rings. The van der Waals surface area contributed by atoms with Gasteiger partial charge in [0, 0.05) is 11.2 Å². The zero-order valence-corrected chi connectivity index (χ0v) is 13.0. The van der Waals surface area contributed by atoms with Gasteiger partial charge in [-0.15, -0.1) is 0 Å². The van der Waals surface area contributed by atoms with Crippen molar-refractivity contribution in [1.82, 2.24) is 9.71 Å². The molecule has 0 atom stereocenters. The van der Waals surface area contributed by atoms with E-state index >= 15 is 0 Å². The van der Waals surface area contributed by atoms with Gasteiger partial charge in [0.05, 0.1) is 12.1 Å². The number of sulfonamides is 1. The number of rotatable bonds is 3. The highest BCUT2D eigenvalue weighted by molar-refractivity contribution is 7.89. The summed E-state index contributed by atoms with van der Waals surface area (Å²) in [5.74, 6) is -0.717. The third-order valence-electron chi connectivity index (χ3n) is 2.17. The maximum absolute atomic E-state index is 12.2. The Balaban J connectivity index is 3.37. The highest BCUT2D eigenvalue weighted by atomic mass is 35.5. The number of hydrogen-bond donors (Lipinski definition) is 2. The van der Waals surface area contributed by atoms with Gasteiger partial charge in [0.15, 0.2) is 0 Å². The van der Waals surface area contributed by atoms with Crippen LogP contribution in [-0.2, 0) is 14.8 Å². The van der Waals surface area contributed by atoms with E-state index in [4.69, 9.17) is 11.6 Å². The molecule has 0 spiro atoms. The Morgan fingerprint density at radius 2 is 1.89 bits per heavy atom. The third kappa shape index (κ3) is 3.49. The molecule has 0 bridgehead atoms. The highest BCUT2D eigenvalue weighted by Crippen LogP contribution is 2.29. The first-order valence-electron chi connectivity index (χ1n) is 5.50. The van der Waals surface area contributed by atoms with Crippen molar-refractivity contribution in [2.75, 3.05) is 7.11 Å².